The lowest BCUT2D eigenvalue weighted by Gasteiger charge is -2.25. The summed E-state index contributed by atoms with van der Waals surface area (Å²) in [6, 6.07) is 9.55. The van der Waals surface area contributed by atoms with Crippen molar-refractivity contribution in [3.63, 3.8) is 0 Å². The molecule has 2 rings (SSSR count). The number of hydrogen-bond acceptors (Lipinski definition) is 5. The van der Waals surface area contributed by atoms with Crippen LogP contribution in [-0.4, -0.2) is 30.2 Å². The van der Waals surface area contributed by atoms with Crippen LogP contribution in [0, 0.1) is 0 Å². The molecule has 0 heterocycles. The lowest BCUT2D eigenvalue weighted by Crippen LogP contribution is -2.27. The summed E-state index contributed by atoms with van der Waals surface area (Å²) in [6.45, 7) is 0. The third kappa shape index (κ3) is 4.95. The minimum absolute atomic E-state index is 0.0372. The zero-order valence-corrected chi connectivity index (χ0v) is 13.4. The zero-order valence-electron chi connectivity index (χ0n) is 12.5. The Kier molecular flexibility index (Phi) is 5.17. The molecule has 130 valence electrons. The molecule has 0 radical (unpaired) electrons. The van der Waals surface area contributed by atoms with E-state index in [1.54, 1.807) is 12.1 Å². The molecule has 0 spiro atoms. The van der Waals surface area contributed by atoms with Crippen LogP contribution in [0.1, 0.15) is 17.5 Å². The van der Waals surface area contributed by atoms with E-state index in [1.165, 1.54) is 12.1 Å². The van der Waals surface area contributed by atoms with Crippen molar-refractivity contribution in [2.45, 2.75) is 18.6 Å². The molecular weight excluding hydrogens is 337 g/mol. The number of aromatic hydroxyl groups is 2. The monoisotopic (exact) mass is 355 g/mol. The standard InChI is InChI=1S/C15H18NO7P/c17-11-3-1-2-10(8-11)6-7-15(19,20)13-9-12(18)4-5-14(13)16-24(21,22)23/h1-5,8-9,17-20H,6-7H2,(H3,16,21,22,23). The second-order valence-corrected chi connectivity index (χ2v) is 6.68. The van der Waals surface area contributed by atoms with E-state index < -0.39 is 13.5 Å². The highest BCUT2D eigenvalue weighted by Gasteiger charge is 2.30. The van der Waals surface area contributed by atoms with Gasteiger partial charge in [0, 0.05) is 12.0 Å². The normalized spacial score (nSPS) is 12.2. The van der Waals surface area contributed by atoms with Crippen LogP contribution in [0.3, 0.4) is 0 Å². The van der Waals surface area contributed by atoms with E-state index in [-0.39, 0.29) is 35.6 Å². The largest absolute Gasteiger partial charge is 0.508 e. The van der Waals surface area contributed by atoms with E-state index in [0.29, 0.717) is 5.56 Å². The second kappa shape index (κ2) is 6.80. The van der Waals surface area contributed by atoms with Gasteiger partial charge < -0.3 is 30.2 Å². The Morgan fingerprint density at radius 2 is 1.67 bits per heavy atom. The minimum Gasteiger partial charge on any atom is -0.508 e. The second-order valence-electron chi connectivity index (χ2n) is 5.37. The third-order valence-electron chi connectivity index (χ3n) is 3.37. The number of phenols is 2. The predicted molar refractivity (Wildman–Crippen MR) is 86.3 cm³/mol. The zero-order chi connectivity index (χ0) is 18.0. The van der Waals surface area contributed by atoms with Crippen LogP contribution in [-0.2, 0) is 16.8 Å². The minimum atomic E-state index is -4.67. The lowest BCUT2D eigenvalue weighted by atomic mass is 9.96. The van der Waals surface area contributed by atoms with Gasteiger partial charge in [-0.25, -0.2) is 4.57 Å². The predicted octanol–water partition coefficient (Wildman–Crippen LogP) is 1.37. The topological polar surface area (TPSA) is 150 Å². The van der Waals surface area contributed by atoms with E-state index in [4.69, 9.17) is 9.79 Å². The molecule has 0 fully saturated rings. The summed E-state index contributed by atoms with van der Waals surface area (Å²) in [7, 11) is -4.67. The molecule has 0 aliphatic carbocycles. The first kappa shape index (κ1) is 18.3. The third-order valence-corrected chi connectivity index (χ3v) is 3.91. The van der Waals surface area contributed by atoms with Gasteiger partial charge in [-0.1, -0.05) is 12.1 Å². The van der Waals surface area contributed by atoms with Crippen molar-refractivity contribution in [1.82, 2.24) is 0 Å². The highest BCUT2D eigenvalue weighted by atomic mass is 31.2. The molecule has 0 aromatic heterocycles. The fourth-order valence-corrected chi connectivity index (χ4v) is 2.79. The highest BCUT2D eigenvalue weighted by Crippen LogP contribution is 2.41. The Hall–Kier alpha value is -2.09. The molecule has 0 aliphatic rings. The fraction of sp³-hybridized carbons (Fsp3) is 0.200. The van der Waals surface area contributed by atoms with E-state index in [1.807, 2.05) is 5.09 Å². The van der Waals surface area contributed by atoms with Gasteiger partial charge in [-0.05, 0) is 42.3 Å². The molecule has 8 nitrogen and oxygen atoms in total. The quantitative estimate of drug-likeness (QED) is 0.233. The van der Waals surface area contributed by atoms with Gasteiger partial charge in [-0.2, -0.15) is 0 Å². The van der Waals surface area contributed by atoms with Crippen LogP contribution >= 0.6 is 7.75 Å². The van der Waals surface area contributed by atoms with Gasteiger partial charge in [0.1, 0.15) is 11.5 Å². The van der Waals surface area contributed by atoms with Gasteiger partial charge in [0.15, 0.2) is 5.79 Å². The number of aliphatic hydroxyl groups is 2. The summed E-state index contributed by atoms with van der Waals surface area (Å²) in [5.41, 5.74) is 0.167. The van der Waals surface area contributed by atoms with Crippen molar-refractivity contribution >= 4 is 13.4 Å². The molecule has 0 saturated carbocycles. The number of phenolic OH excluding ortho intramolecular Hbond substituents is 2. The number of hydrogen-bond donors (Lipinski definition) is 7. The molecule has 0 bridgehead atoms. The first-order valence-electron chi connectivity index (χ1n) is 6.97. The van der Waals surface area contributed by atoms with Gasteiger partial charge in [-0.15, -0.1) is 0 Å². The van der Waals surface area contributed by atoms with Crippen LogP contribution in [0.15, 0.2) is 42.5 Å². The van der Waals surface area contributed by atoms with Crippen molar-refractivity contribution in [2.75, 3.05) is 5.09 Å². The molecule has 0 amide bonds. The molecule has 0 unspecified atom stereocenters. The average Bonchev–Trinajstić information content (AvgIpc) is 2.46. The number of benzene rings is 2. The summed E-state index contributed by atoms with van der Waals surface area (Å²) in [5.74, 6) is -2.71. The van der Waals surface area contributed by atoms with E-state index in [0.717, 1.165) is 18.2 Å². The van der Waals surface area contributed by atoms with Gasteiger partial charge in [0.2, 0.25) is 0 Å². The van der Waals surface area contributed by atoms with Crippen molar-refractivity contribution in [3.05, 3.63) is 53.6 Å². The van der Waals surface area contributed by atoms with Gasteiger partial charge in [0.05, 0.1) is 5.69 Å². The summed E-state index contributed by atoms with van der Waals surface area (Å²) in [5, 5.41) is 41.5. The fourth-order valence-electron chi connectivity index (χ4n) is 2.28. The van der Waals surface area contributed by atoms with Crippen LogP contribution in [0.5, 0.6) is 11.5 Å². The van der Waals surface area contributed by atoms with Crippen LogP contribution in [0.25, 0.3) is 0 Å². The van der Waals surface area contributed by atoms with Crippen LogP contribution < -0.4 is 5.09 Å². The Bertz CT molecular complexity index is 772. The number of nitrogens with one attached hydrogen (secondary N) is 1. The maximum Gasteiger partial charge on any atom is 0.427 e. The summed E-state index contributed by atoms with van der Waals surface area (Å²) in [4.78, 5) is 18.0. The molecule has 2 aromatic rings. The Labute approximate surface area is 137 Å². The molecule has 7 N–H and O–H groups in total. The SMILES string of the molecule is O=P(O)(O)Nc1ccc(O)cc1C(O)(O)CCc1cccc(O)c1. The summed E-state index contributed by atoms with van der Waals surface area (Å²) >= 11 is 0. The van der Waals surface area contributed by atoms with Gasteiger partial charge >= 0.3 is 7.75 Å². The Morgan fingerprint density at radius 1 is 1.00 bits per heavy atom. The van der Waals surface area contributed by atoms with Crippen molar-refractivity contribution in [3.8, 4) is 11.5 Å². The summed E-state index contributed by atoms with van der Waals surface area (Å²) < 4.78 is 11.1. The molecule has 24 heavy (non-hydrogen) atoms. The lowest BCUT2D eigenvalue weighted by molar-refractivity contribution is -0.173. The first-order valence-corrected chi connectivity index (χ1v) is 8.58. The van der Waals surface area contributed by atoms with Crippen molar-refractivity contribution in [1.29, 1.82) is 0 Å². The number of rotatable bonds is 6. The van der Waals surface area contributed by atoms with E-state index in [2.05, 4.69) is 0 Å². The molecular formula is C15H18NO7P. The number of anilines is 1. The highest BCUT2D eigenvalue weighted by molar-refractivity contribution is 7.53. The Balaban J connectivity index is 2.27. The van der Waals surface area contributed by atoms with Crippen LogP contribution in [0.2, 0.25) is 0 Å². The van der Waals surface area contributed by atoms with E-state index >= 15 is 0 Å². The Morgan fingerprint density at radius 3 is 2.29 bits per heavy atom. The van der Waals surface area contributed by atoms with Crippen LogP contribution in [0.4, 0.5) is 5.69 Å². The summed E-state index contributed by atoms with van der Waals surface area (Å²) in [6.07, 6.45) is -0.0534. The maximum absolute atomic E-state index is 11.1. The first-order chi connectivity index (χ1) is 11.1. The molecule has 2 aromatic carbocycles. The van der Waals surface area contributed by atoms with Gasteiger partial charge in [-0.3, -0.25) is 5.09 Å². The molecule has 0 saturated heterocycles. The average molecular weight is 355 g/mol. The smallest absolute Gasteiger partial charge is 0.427 e. The van der Waals surface area contributed by atoms with Crippen molar-refractivity contribution in [2.24, 2.45) is 0 Å². The molecule has 0 atom stereocenters. The maximum atomic E-state index is 11.1. The molecule has 9 heteroatoms. The van der Waals surface area contributed by atoms with Gasteiger partial charge in [0.25, 0.3) is 0 Å². The molecule has 0 aliphatic heterocycles. The number of aryl methyl sites for hydroxylation is 1. The van der Waals surface area contributed by atoms with Crippen molar-refractivity contribution < 1.29 is 34.8 Å². The van der Waals surface area contributed by atoms with E-state index in [9.17, 15) is 25.0 Å².